The van der Waals surface area contributed by atoms with Gasteiger partial charge in [0, 0.05) is 5.69 Å². The average Bonchev–Trinajstić information content (AvgIpc) is 2.26. The number of ether oxygens (including phenoxy) is 1. The molecule has 21 heavy (non-hydrogen) atoms. The fourth-order valence-electron chi connectivity index (χ4n) is 1.67. The molecule has 9 heteroatoms. The Morgan fingerprint density at radius 2 is 1.95 bits per heavy atom. The number of urea groups is 1. The van der Waals surface area contributed by atoms with E-state index in [1.165, 1.54) is 18.2 Å². The summed E-state index contributed by atoms with van der Waals surface area (Å²) < 4.78 is 30.5. The minimum absolute atomic E-state index is 0.129. The van der Waals surface area contributed by atoms with Gasteiger partial charge in [-0.1, -0.05) is 0 Å². The third-order valence-electron chi connectivity index (χ3n) is 2.39. The summed E-state index contributed by atoms with van der Waals surface area (Å²) in [6, 6.07) is 3.26. The number of hydrogen-bond donors (Lipinski definition) is 3. The van der Waals surface area contributed by atoms with Crippen molar-refractivity contribution >= 4 is 33.5 Å². The van der Waals surface area contributed by atoms with E-state index in [1.807, 2.05) is 4.72 Å². The first-order chi connectivity index (χ1) is 9.57. The lowest BCUT2D eigenvalue weighted by Crippen LogP contribution is -2.39. The van der Waals surface area contributed by atoms with E-state index in [4.69, 9.17) is 4.74 Å². The normalized spacial score (nSPS) is 16.2. The Balaban J connectivity index is 2.26. The van der Waals surface area contributed by atoms with Gasteiger partial charge >= 0.3 is 12.1 Å². The molecule has 1 heterocycles. The van der Waals surface area contributed by atoms with Gasteiger partial charge in [0.25, 0.3) is 10.0 Å². The van der Waals surface area contributed by atoms with E-state index in [0.29, 0.717) is 0 Å². The smallest absolute Gasteiger partial charge is 0.412 e. The molecule has 1 aromatic carbocycles. The van der Waals surface area contributed by atoms with E-state index >= 15 is 0 Å². The molecule has 8 nitrogen and oxygen atoms in total. The molecule has 0 radical (unpaired) electrons. The third kappa shape index (κ3) is 3.63. The zero-order valence-corrected chi connectivity index (χ0v) is 12.5. The van der Waals surface area contributed by atoms with Crippen molar-refractivity contribution in [2.75, 3.05) is 10.6 Å². The van der Waals surface area contributed by atoms with Gasteiger partial charge in [0.05, 0.1) is 5.69 Å². The molecular weight excluding hydrogens is 298 g/mol. The number of carbonyl (C=O) groups excluding carboxylic acids is 2. The van der Waals surface area contributed by atoms with Crippen molar-refractivity contribution in [1.82, 2.24) is 4.72 Å². The zero-order valence-electron chi connectivity index (χ0n) is 11.7. The second kappa shape index (κ2) is 4.92. The van der Waals surface area contributed by atoms with E-state index in [-0.39, 0.29) is 16.3 Å². The summed E-state index contributed by atoms with van der Waals surface area (Å²) in [5.74, 6) is 0. The molecule has 3 N–H and O–H groups in total. The number of rotatable bonds is 1. The predicted octanol–water partition coefficient (Wildman–Crippen LogP) is 1.86. The molecule has 0 spiro atoms. The summed E-state index contributed by atoms with van der Waals surface area (Å²) >= 11 is 0. The summed E-state index contributed by atoms with van der Waals surface area (Å²) in [7, 11) is -3.94. The van der Waals surface area contributed by atoms with E-state index in [2.05, 4.69) is 10.6 Å². The van der Waals surface area contributed by atoms with Gasteiger partial charge in [0.1, 0.15) is 10.5 Å². The van der Waals surface area contributed by atoms with Gasteiger partial charge in [-0.25, -0.2) is 22.7 Å². The number of anilines is 2. The van der Waals surface area contributed by atoms with Crippen molar-refractivity contribution in [2.24, 2.45) is 0 Å². The highest BCUT2D eigenvalue weighted by atomic mass is 32.2. The van der Waals surface area contributed by atoms with Crippen molar-refractivity contribution in [1.29, 1.82) is 0 Å². The largest absolute Gasteiger partial charge is 0.444 e. The Labute approximate surface area is 121 Å². The van der Waals surface area contributed by atoms with Crippen molar-refractivity contribution in [3.05, 3.63) is 18.2 Å². The topological polar surface area (TPSA) is 114 Å². The van der Waals surface area contributed by atoms with Crippen molar-refractivity contribution in [2.45, 2.75) is 31.3 Å². The van der Waals surface area contributed by atoms with Crippen molar-refractivity contribution < 1.29 is 22.7 Å². The first kappa shape index (κ1) is 15.1. The molecule has 2 rings (SSSR count). The summed E-state index contributed by atoms with van der Waals surface area (Å²) in [6.07, 6.45) is -0.701. The van der Waals surface area contributed by atoms with Crippen LogP contribution in [-0.4, -0.2) is 26.1 Å². The Morgan fingerprint density at radius 1 is 1.29 bits per heavy atom. The van der Waals surface area contributed by atoms with E-state index in [1.54, 1.807) is 20.8 Å². The van der Waals surface area contributed by atoms with Crippen LogP contribution in [0.1, 0.15) is 20.8 Å². The van der Waals surface area contributed by atoms with Crippen LogP contribution in [0.4, 0.5) is 21.0 Å². The molecule has 1 aliphatic heterocycles. The van der Waals surface area contributed by atoms with Crippen LogP contribution in [0.3, 0.4) is 0 Å². The molecule has 114 valence electrons. The van der Waals surface area contributed by atoms with Gasteiger partial charge in [-0.05, 0) is 39.0 Å². The maximum atomic E-state index is 11.8. The molecule has 1 aliphatic rings. The van der Waals surface area contributed by atoms with Gasteiger partial charge in [-0.3, -0.25) is 5.32 Å². The van der Waals surface area contributed by atoms with Crippen LogP contribution in [0.15, 0.2) is 23.1 Å². The number of fused-ring (bicyclic) bond motifs is 1. The molecule has 0 aromatic heterocycles. The summed E-state index contributed by atoms with van der Waals surface area (Å²) in [6.45, 7) is 5.13. The highest BCUT2D eigenvalue weighted by molar-refractivity contribution is 7.90. The number of benzene rings is 1. The van der Waals surface area contributed by atoms with Crippen LogP contribution < -0.4 is 15.4 Å². The van der Waals surface area contributed by atoms with Gasteiger partial charge in [0.15, 0.2) is 0 Å². The van der Waals surface area contributed by atoms with E-state index in [0.717, 1.165) is 0 Å². The highest BCUT2D eigenvalue weighted by Crippen LogP contribution is 2.28. The average molecular weight is 313 g/mol. The molecule has 0 saturated heterocycles. The number of sulfonamides is 1. The van der Waals surface area contributed by atoms with Crippen LogP contribution in [0, 0.1) is 0 Å². The van der Waals surface area contributed by atoms with Gasteiger partial charge in [0.2, 0.25) is 0 Å². The molecule has 1 aromatic rings. The first-order valence-corrected chi connectivity index (χ1v) is 7.53. The van der Waals surface area contributed by atoms with E-state index in [9.17, 15) is 18.0 Å². The Morgan fingerprint density at radius 3 is 2.57 bits per heavy atom. The minimum atomic E-state index is -3.94. The number of carbonyl (C=O) groups is 2. The summed E-state index contributed by atoms with van der Waals surface area (Å²) in [4.78, 5) is 22.7. The third-order valence-corrected chi connectivity index (χ3v) is 3.76. The first-order valence-electron chi connectivity index (χ1n) is 6.05. The zero-order chi connectivity index (χ0) is 15.8. The van der Waals surface area contributed by atoms with Crippen LogP contribution in [0.5, 0.6) is 0 Å². The number of amides is 3. The van der Waals surface area contributed by atoms with Crippen LogP contribution in [-0.2, 0) is 14.8 Å². The lowest BCUT2D eigenvalue weighted by atomic mass is 10.2. The quantitative estimate of drug-likeness (QED) is 0.732. The SMILES string of the molecule is CC(C)(C)OC(=O)Nc1ccc2c(c1)S(=O)(=O)NC(=O)N2. The molecule has 0 atom stereocenters. The van der Waals surface area contributed by atoms with Crippen LogP contribution in [0.2, 0.25) is 0 Å². The van der Waals surface area contributed by atoms with Gasteiger partial charge < -0.3 is 10.1 Å². The van der Waals surface area contributed by atoms with E-state index < -0.39 is 27.7 Å². The standard InChI is InChI=1S/C12H15N3O5S/c1-12(2,3)20-11(17)13-7-4-5-8-9(6-7)21(18,19)15-10(16)14-8/h4-6H,1-3H3,(H,13,17)(H2,14,15,16). The maximum absolute atomic E-state index is 11.8. The van der Waals surface area contributed by atoms with Crippen LogP contribution >= 0.6 is 0 Å². The predicted molar refractivity (Wildman–Crippen MR) is 75.6 cm³/mol. The molecule has 0 fully saturated rings. The second-order valence-electron chi connectivity index (χ2n) is 5.40. The maximum Gasteiger partial charge on any atom is 0.412 e. The molecule has 3 amide bonds. The summed E-state index contributed by atoms with van der Waals surface area (Å²) in [5, 5.41) is 4.79. The Bertz CT molecular complexity index is 706. The molecule has 0 bridgehead atoms. The fourth-order valence-corrected chi connectivity index (χ4v) is 2.77. The van der Waals surface area contributed by atoms with Crippen molar-refractivity contribution in [3.8, 4) is 0 Å². The number of hydrogen-bond acceptors (Lipinski definition) is 5. The van der Waals surface area contributed by atoms with Crippen molar-refractivity contribution in [3.63, 3.8) is 0 Å². The lowest BCUT2D eigenvalue weighted by molar-refractivity contribution is 0.0636. The summed E-state index contributed by atoms with van der Waals surface area (Å²) in [5.41, 5.74) is -0.280. The fraction of sp³-hybridized carbons (Fsp3) is 0.333. The Hall–Kier alpha value is -2.29. The second-order valence-corrected chi connectivity index (χ2v) is 7.05. The number of nitrogens with one attached hydrogen (secondary N) is 3. The molecule has 0 aliphatic carbocycles. The van der Waals surface area contributed by atoms with Gasteiger partial charge in [-0.15, -0.1) is 0 Å². The minimum Gasteiger partial charge on any atom is -0.444 e. The molecule has 0 saturated carbocycles. The molecular formula is C12H15N3O5S. The highest BCUT2D eigenvalue weighted by Gasteiger charge is 2.28. The van der Waals surface area contributed by atoms with Gasteiger partial charge in [-0.2, -0.15) is 0 Å². The monoisotopic (exact) mass is 313 g/mol. The lowest BCUT2D eigenvalue weighted by Gasteiger charge is -2.21. The Kier molecular flexibility index (Phi) is 3.54. The van der Waals surface area contributed by atoms with Crippen LogP contribution in [0.25, 0.3) is 0 Å². The molecule has 0 unspecified atom stereocenters.